The van der Waals surface area contributed by atoms with E-state index >= 15 is 0 Å². The Morgan fingerprint density at radius 2 is 2.08 bits per heavy atom. The molecular formula is C19H21FN2O2S. The van der Waals surface area contributed by atoms with E-state index in [2.05, 4.69) is 10.6 Å². The molecule has 0 aliphatic carbocycles. The maximum Gasteiger partial charge on any atom is 0.225 e. The molecule has 132 valence electrons. The van der Waals surface area contributed by atoms with Crippen molar-refractivity contribution in [3.8, 4) is 5.75 Å². The van der Waals surface area contributed by atoms with E-state index in [1.807, 2.05) is 30.3 Å². The van der Waals surface area contributed by atoms with Crippen molar-refractivity contribution in [3.05, 3.63) is 53.3 Å². The summed E-state index contributed by atoms with van der Waals surface area (Å²) in [7, 11) is 1.63. The Morgan fingerprint density at radius 3 is 2.84 bits per heavy atom. The van der Waals surface area contributed by atoms with Crippen LogP contribution in [0.5, 0.6) is 5.75 Å². The number of fused-ring (bicyclic) bond motifs is 1. The Morgan fingerprint density at radius 1 is 1.28 bits per heavy atom. The van der Waals surface area contributed by atoms with Gasteiger partial charge in [-0.1, -0.05) is 6.07 Å². The molecule has 0 atom stereocenters. The van der Waals surface area contributed by atoms with Gasteiger partial charge in [0, 0.05) is 23.6 Å². The van der Waals surface area contributed by atoms with Crippen molar-refractivity contribution in [2.24, 2.45) is 0 Å². The quantitative estimate of drug-likeness (QED) is 0.773. The second kappa shape index (κ2) is 8.36. The van der Waals surface area contributed by atoms with Gasteiger partial charge in [0.1, 0.15) is 11.6 Å². The molecule has 0 spiro atoms. The minimum Gasteiger partial charge on any atom is -0.497 e. The van der Waals surface area contributed by atoms with Crippen LogP contribution in [-0.2, 0) is 17.8 Å². The number of carbonyl (C=O) groups excluding carboxylic acids is 1. The molecule has 1 amide bonds. The molecule has 2 aromatic carbocycles. The molecule has 0 unspecified atom stereocenters. The lowest BCUT2D eigenvalue weighted by molar-refractivity contribution is -0.115. The molecule has 0 saturated heterocycles. The van der Waals surface area contributed by atoms with Crippen molar-refractivity contribution in [1.82, 2.24) is 5.32 Å². The summed E-state index contributed by atoms with van der Waals surface area (Å²) in [4.78, 5) is 13.2. The van der Waals surface area contributed by atoms with Crippen LogP contribution >= 0.6 is 11.8 Å². The Hall–Kier alpha value is -2.05. The first-order chi connectivity index (χ1) is 12.2. The molecule has 0 saturated carbocycles. The third-order valence-corrected chi connectivity index (χ3v) is 5.15. The topological polar surface area (TPSA) is 50.4 Å². The molecule has 6 heteroatoms. The maximum absolute atomic E-state index is 14.5. The van der Waals surface area contributed by atoms with E-state index in [1.54, 1.807) is 24.9 Å². The molecule has 0 radical (unpaired) electrons. The summed E-state index contributed by atoms with van der Waals surface area (Å²) >= 11 is 1.59. The van der Waals surface area contributed by atoms with E-state index in [1.165, 1.54) is 0 Å². The third-order valence-electron chi connectivity index (χ3n) is 4.14. The van der Waals surface area contributed by atoms with Gasteiger partial charge in [0.15, 0.2) is 0 Å². The number of rotatable bonds is 6. The highest BCUT2D eigenvalue weighted by Gasteiger charge is 2.17. The molecule has 3 rings (SSSR count). The molecule has 4 nitrogen and oxygen atoms in total. The smallest absolute Gasteiger partial charge is 0.225 e. The number of benzene rings is 2. The summed E-state index contributed by atoms with van der Waals surface area (Å²) in [6, 6.07) is 11.2. The number of thioether (sulfide) groups is 1. The zero-order valence-electron chi connectivity index (χ0n) is 14.1. The Bertz CT molecular complexity index is 750. The fourth-order valence-electron chi connectivity index (χ4n) is 2.78. The van der Waals surface area contributed by atoms with E-state index in [4.69, 9.17) is 4.74 Å². The number of carbonyl (C=O) groups is 1. The van der Waals surface area contributed by atoms with Gasteiger partial charge in [0.2, 0.25) is 5.91 Å². The highest BCUT2D eigenvalue weighted by Crippen LogP contribution is 2.25. The van der Waals surface area contributed by atoms with E-state index in [-0.39, 0.29) is 17.4 Å². The van der Waals surface area contributed by atoms with E-state index < -0.39 is 0 Å². The number of nitrogens with one attached hydrogen (secondary N) is 2. The van der Waals surface area contributed by atoms with Gasteiger partial charge in [-0.2, -0.15) is 0 Å². The predicted octanol–water partition coefficient (Wildman–Crippen LogP) is 3.60. The first-order valence-electron chi connectivity index (χ1n) is 8.25. The lowest BCUT2D eigenvalue weighted by Gasteiger charge is -2.19. The normalized spacial score (nSPS) is 13.2. The molecule has 2 N–H and O–H groups in total. The van der Waals surface area contributed by atoms with Gasteiger partial charge in [-0.25, -0.2) is 4.39 Å². The standard InChI is InChI=1S/C19H21FN2O2S/c1-24-14-3-5-15(6-4-14)25-11-9-18(23)22-17-7-2-13-12-21-10-8-16(13)19(17)20/h2-7,21H,8-12H2,1H3,(H,22,23). The van der Waals surface area contributed by atoms with Gasteiger partial charge in [0.05, 0.1) is 12.8 Å². The second-order valence-electron chi connectivity index (χ2n) is 5.81. The highest BCUT2D eigenvalue weighted by atomic mass is 32.2. The predicted molar refractivity (Wildman–Crippen MR) is 98.8 cm³/mol. The van der Waals surface area contributed by atoms with Crippen LogP contribution in [0.25, 0.3) is 0 Å². The maximum atomic E-state index is 14.5. The van der Waals surface area contributed by atoms with E-state index in [0.29, 0.717) is 30.7 Å². The Labute approximate surface area is 151 Å². The number of hydrogen-bond donors (Lipinski definition) is 2. The van der Waals surface area contributed by atoms with Gasteiger partial charge in [0.25, 0.3) is 0 Å². The van der Waals surface area contributed by atoms with Crippen molar-refractivity contribution in [2.45, 2.75) is 24.3 Å². The number of hydrogen-bond acceptors (Lipinski definition) is 4. The largest absolute Gasteiger partial charge is 0.497 e. The molecule has 0 bridgehead atoms. The van der Waals surface area contributed by atoms with Crippen molar-refractivity contribution >= 4 is 23.4 Å². The lowest BCUT2D eigenvalue weighted by Crippen LogP contribution is -2.25. The van der Waals surface area contributed by atoms with Gasteiger partial charge >= 0.3 is 0 Å². The summed E-state index contributed by atoms with van der Waals surface area (Å²) in [5.41, 5.74) is 1.96. The average molecular weight is 360 g/mol. The van der Waals surface area contributed by atoms with E-state index in [0.717, 1.165) is 22.8 Å². The molecule has 0 aromatic heterocycles. The van der Waals surface area contributed by atoms with Crippen LogP contribution in [0.1, 0.15) is 17.5 Å². The zero-order valence-corrected chi connectivity index (χ0v) is 14.9. The number of halogens is 1. The molecule has 25 heavy (non-hydrogen) atoms. The van der Waals surface area contributed by atoms with Crippen molar-refractivity contribution in [3.63, 3.8) is 0 Å². The Balaban J connectivity index is 1.52. The molecule has 0 fully saturated rings. The van der Waals surface area contributed by atoms with Crippen molar-refractivity contribution < 1.29 is 13.9 Å². The van der Waals surface area contributed by atoms with Gasteiger partial charge < -0.3 is 15.4 Å². The van der Waals surface area contributed by atoms with Gasteiger partial charge in [-0.15, -0.1) is 11.8 Å². The SMILES string of the molecule is COc1ccc(SCCC(=O)Nc2ccc3c(c2F)CCNC3)cc1. The number of ether oxygens (including phenoxy) is 1. The van der Waals surface area contributed by atoms with Crippen LogP contribution in [0.15, 0.2) is 41.3 Å². The lowest BCUT2D eigenvalue weighted by atomic mass is 9.99. The van der Waals surface area contributed by atoms with Gasteiger partial charge in [-0.3, -0.25) is 4.79 Å². The zero-order chi connectivity index (χ0) is 17.6. The highest BCUT2D eigenvalue weighted by molar-refractivity contribution is 7.99. The van der Waals surface area contributed by atoms with Crippen LogP contribution in [0.4, 0.5) is 10.1 Å². The average Bonchev–Trinajstić information content (AvgIpc) is 2.65. The van der Waals surface area contributed by atoms with Crippen LogP contribution in [0.2, 0.25) is 0 Å². The second-order valence-corrected chi connectivity index (χ2v) is 6.98. The summed E-state index contributed by atoms with van der Waals surface area (Å²) in [6.45, 7) is 1.44. The fraction of sp³-hybridized carbons (Fsp3) is 0.316. The van der Waals surface area contributed by atoms with Crippen molar-refractivity contribution in [1.29, 1.82) is 0 Å². The molecule has 1 heterocycles. The van der Waals surface area contributed by atoms with Crippen LogP contribution in [-0.4, -0.2) is 25.3 Å². The summed E-state index contributed by atoms with van der Waals surface area (Å²) in [5, 5.41) is 5.91. The summed E-state index contributed by atoms with van der Waals surface area (Å²) in [5.74, 6) is 0.971. The van der Waals surface area contributed by atoms with E-state index in [9.17, 15) is 9.18 Å². The monoisotopic (exact) mass is 360 g/mol. The van der Waals surface area contributed by atoms with Crippen LogP contribution in [0, 0.1) is 5.82 Å². The van der Waals surface area contributed by atoms with Crippen LogP contribution < -0.4 is 15.4 Å². The number of amides is 1. The fourth-order valence-corrected chi connectivity index (χ4v) is 3.63. The van der Waals surface area contributed by atoms with Crippen LogP contribution in [0.3, 0.4) is 0 Å². The van der Waals surface area contributed by atoms with Crippen molar-refractivity contribution in [2.75, 3.05) is 24.7 Å². The minimum atomic E-state index is -0.296. The first kappa shape index (κ1) is 17.8. The Kier molecular flexibility index (Phi) is 5.94. The first-order valence-corrected chi connectivity index (χ1v) is 9.23. The molecule has 1 aliphatic heterocycles. The summed E-state index contributed by atoms with van der Waals surface area (Å²) < 4.78 is 19.6. The molecular weight excluding hydrogens is 339 g/mol. The molecule has 1 aliphatic rings. The number of anilines is 1. The summed E-state index contributed by atoms with van der Waals surface area (Å²) in [6.07, 6.45) is 0.979. The van der Waals surface area contributed by atoms with Gasteiger partial charge in [-0.05, 0) is 54.4 Å². The minimum absolute atomic E-state index is 0.172. The molecule has 2 aromatic rings. The third kappa shape index (κ3) is 4.52. The number of methoxy groups -OCH3 is 1.